The van der Waals surface area contributed by atoms with Crippen molar-refractivity contribution in [3.05, 3.63) is 0 Å². The molecule has 0 aromatic heterocycles. The molecule has 32 valence electrons. The van der Waals surface area contributed by atoms with Crippen molar-refractivity contribution in [3.63, 3.8) is 0 Å². The molecule has 0 rings (SSSR count). The molecule has 0 atom stereocenters. The zero-order valence-electron chi connectivity index (χ0n) is 2.20. The van der Waals surface area contributed by atoms with Gasteiger partial charge in [-0.25, -0.2) is 0 Å². The normalized spacial score (nSPS) is 7.20. The molecule has 0 aromatic rings. The SMILES string of the molecule is OP(O)O.[Sm]. The maximum atomic E-state index is 7.23. The van der Waals surface area contributed by atoms with E-state index < -0.39 is 8.60 Å². The van der Waals surface area contributed by atoms with Crippen LogP contribution in [0.25, 0.3) is 0 Å². The van der Waals surface area contributed by atoms with Crippen LogP contribution in [0, 0.1) is 40.4 Å². The van der Waals surface area contributed by atoms with Crippen LogP contribution in [0.3, 0.4) is 0 Å². The second-order valence-electron chi connectivity index (χ2n) is 0.268. The van der Waals surface area contributed by atoms with E-state index in [1.807, 2.05) is 0 Å². The second-order valence-corrected chi connectivity index (χ2v) is 0.805. The van der Waals surface area contributed by atoms with Crippen LogP contribution in [-0.4, -0.2) is 14.7 Å². The van der Waals surface area contributed by atoms with E-state index in [2.05, 4.69) is 0 Å². The van der Waals surface area contributed by atoms with Gasteiger partial charge in [0.25, 0.3) is 0 Å². The zero-order valence-corrected chi connectivity index (χ0v) is 5.71. The molecular weight excluding hydrogens is 229 g/mol. The average Bonchev–Trinajstić information content (AvgIpc) is 0.811. The Morgan fingerprint density at radius 1 is 1.00 bits per heavy atom. The molecule has 0 amide bonds. The summed E-state index contributed by atoms with van der Waals surface area (Å²) < 4.78 is 0. The first kappa shape index (κ1) is 9.82. The third-order valence-electron chi connectivity index (χ3n) is 0. The topological polar surface area (TPSA) is 60.7 Å². The smallest absolute Gasteiger partial charge is 0.324 e. The molecule has 0 aromatic carbocycles. The Labute approximate surface area is 63.1 Å². The van der Waals surface area contributed by atoms with Crippen molar-refractivity contribution >= 4 is 8.60 Å². The first-order valence-corrected chi connectivity index (χ1v) is 1.80. The minimum Gasteiger partial charge on any atom is -0.328 e. The van der Waals surface area contributed by atoms with Crippen LogP contribution in [0.15, 0.2) is 0 Å². The van der Waals surface area contributed by atoms with Gasteiger partial charge < -0.3 is 14.7 Å². The van der Waals surface area contributed by atoms with E-state index >= 15 is 0 Å². The molecule has 0 aliphatic heterocycles. The minimum atomic E-state index is -2.62. The van der Waals surface area contributed by atoms with Crippen LogP contribution in [0.2, 0.25) is 0 Å². The predicted molar refractivity (Wildman–Crippen MR) is 13.6 cm³/mol. The fraction of sp³-hybridized carbons (Fsp3) is 0. The van der Waals surface area contributed by atoms with Gasteiger partial charge in [-0.05, 0) is 0 Å². The standard InChI is InChI=1S/H3O3P.Sm/c1-4(2)3;/h1-3H;. The molecule has 0 saturated heterocycles. The molecule has 0 radical (unpaired) electrons. The van der Waals surface area contributed by atoms with Crippen LogP contribution >= 0.6 is 8.60 Å². The number of hydrogen-bond acceptors (Lipinski definition) is 3. The van der Waals surface area contributed by atoms with E-state index in [0.29, 0.717) is 0 Å². The fourth-order valence-corrected chi connectivity index (χ4v) is 0. The van der Waals surface area contributed by atoms with Gasteiger partial charge in [0, 0.05) is 40.4 Å². The van der Waals surface area contributed by atoms with Gasteiger partial charge in [0.15, 0.2) is 0 Å². The van der Waals surface area contributed by atoms with Crippen molar-refractivity contribution in [1.29, 1.82) is 0 Å². The molecule has 0 aliphatic rings. The van der Waals surface area contributed by atoms with Gasteiger partial charge in [0.05, 0.1) is 0 Å². The summed E-state index contributed by atoms with van der Waals surface area (Å²) in [7, 11) is -2.62. The summed E-state index contributed by atoms with van der Waals surface area (Å²) >= 11 is 0. The minimum absolute atomic E-state index is 0. The largest absolute Gasteiger partial charge is 0.328 e. The Hall–Kier alpha value is 1.65. The van der Waals surface area contributed by atoms with Gasteiger partial charge in [0.1, 0.15) is 0 Å². The predicted octanol–water partition coefficient (Wildman–Crippen LogP) is -0.810. The molecule has 0 aliphatic carbocycles. The van der Waals surface area contributed by atoms with Crippen LogP contribution in [-0.2, 0) is 0 Å². The monoisotopic (exact) mass is 234 g/mol. The van der Waals surface area contributed by atoms with Crippen molar-refractivity contribution in [1.82, 2.24) is 0 Å². The second kappa shape index (κ2) is 5.65. The molecule has 0 heterocycles. The molecule has 5 heteroatoms. The van der Waals surface area contributed by atoms with Crippen molar-refractivity contribution in [2.45, 2.75) is 0 Å². The van der Waals surface area contributed by atoms with Gasteiger partial charge in [-0.2, -0.15) is 0 Å². The maximum absolute atomic E-state index is 7.23. The van der Waals surface area contributed by atoms with Crippen LogP contribution < -0.4 is 0 Å². The van der Waals surface area contributed by atoms with Crippen LogP contribution in [0.1, 0.15) is 0 Å². The summed E-state index contributed by atoms with van der Waals surface area (Å²) in [5, 5.41) is 0. The maximum Gasteiger partial charge on any atom is 0.324 e. The molecule has 0 unspecified atom stereocenters. The van der Waals surface area contributed by atoms with Gasteiger partial charge in [-0.15, -0.1) is 0 Å². The summed E-state index contributed by atoms with van der Waals surface area (Å²) in [6, 6.07) is 0. The Bertz CT molecular complexity index is 11.6. The van der Waals surface area contributed by atoms with E-state index in [1.54, 1.807) is 0 Å². The van der Waals surface area contributed by atoms with E-state index in [-0.39, 0.29) is 40.4 Å². The summed E-state index contributed by atoms with van der Waals surface area (Å²) in [6.07, 6.45) is 0. The summed E-state index contributed by atoms with van der Waals surface area (Å²) in [6.45, 7) is 0. The Morgan fingerprint density at radius 3 is 1.00 bits per heavy atom. The van der Waals surface area contributed by atoms with Crippen molar-refractivity contribution in [3.8, 4) is 0 Å². The number of hydrogen-bond donors (Lipinski definition) is 3. The molecule has 5 heavy (non-hydrogen) atoms. The van der Waals surface area contributed by atoms with Crippen molar-refractivity contribution < 1.29 is 55.1 Å². The Kier molecular flexibility index (Phi) is 11.1. The zero-order chi connectivity index (χ0) is 3.58. The summed E-state index contributed by atoms with van der Waals surface area (Å²) in [5.41, 5.74) is 0. The van der Waals surface area contributed by atoms with Crippen molar-refractivity contribution in [2.24, 2.45) is 0 Å². The molecule has 0 fully saturated rings. The molecule has 3 N–H and O–H groups in total. The Balaban J connectivity index is 0. The molecule has 0 bridgehead atoms. The molecular formula is H3O3PSm. The van der Waals surface area contributed by atoms with E-state index in [0.717, 1.165) is 0 Å². The third-order valence-corrected chi connectivity index (χ3v) is 0. The van der Waals surface area contributed by atoms with E-state index in [4.69, 9.17) is 14.7 Å². The molecule has 0 spiro atoms. The van der Waals surface area contributed by atoms with Crippen LogP contribution in [0.5, 0.6) is 0 Å². The first-order chi connectivity index (χ1) is 1.73. The van der Waals surface area contributed by atoms with Gasteiger partial charge in [-0.3, -0.25) is 0 Å². The summed E-state index contributed by atoms with van der Waals surface area (Å²) in [5.74, 6) is 0. The van der Waals surface area contributed by atoms with Crippen LogP contribution in [0.4, 0.5) is 0 Å². The first-order valence-electron chi connectivity index (χ1n) is 0.600. The van der Waals surface area contributed by atoms with Gasteiger partial charge in [0.2, 0.25) is 0 Å². The van der Waals surface area contributed by atoms with Gasteiger partial charge in [-0.1, -0.05) is 0 Å². The van der Waals surface area contributed by atoms with E-state index in [9.17, 15) is 0 Å². The van der Waals surface area contributed by atoms with Crippen molar-refractivity contribution in [2.75, 3.05) is 0 Å². The fourth-order valence-electron chi connectivity index (χ4n) is 0. The third kappa shape index (κ3) is 27.7. The molecule has 3 nitrogen and oxygen atoms in total. The average molecular weight is 232 g/mol. The Morgan fingerprint density at radius 2 is 1.00 bits per heavy atom. The molecule has 0 saturated carbocycles. The van der Waals surface area contributed by atoms with Gasteiger partial charge >= 0.3 is 8.60 Å². The number of rotatable bonds is 0. The summed E-state index contributed by atoms with van der Waals surface area (Å²) in [4.78, 5) is 21.7. The quantitative estimate of drug-likeness (QED) is 0.479. The van der Waals surface area contributed by atoms with E-state index in [1.165, 1.54) is 0 Å².